The number of aromatic nitrogens is 2. The summed E-state index contributed by atoms with van der Waals surface area (Å²) < 4.78 is 12.1. The summed E-state index contributed by atoms with van der Waals surface area (Å²) in [7, 11) is 0. The highest BCUT2D eigenvalue weighted by Crippen LogP contribution is 2.11. The second kappa shape index (κ2) is 7.85. The van der Waals surface area contributed by atoms with Gasteiger partial charge in [0.15, 0.2) is 6.10 Å². The van der Waals surface area contributed by atoms with Crippen molar-refractivity contribution in [3.05, 3.63) is 42.1 Å². The fraction of sp³-hybridized carbons (Fsp3) is 0.412. The van der Waals surface area contributed by atoms with E-state index in [2.05, 4.69) is 15.7 Å². The fourth-order valence-corrected chi connectivity index (χ4v) is 1.98. The molecule has 2 rings (SSSR count). The molecule has 0 aliphatic heterocycles. The van der Waals surface area contributed by atoms with Crippen LogP contribution in [0, 0.1) is 0 Å². The molecule has 0 fully saturated rings. The van der Waals surface area contributed by atoms with Crippen molar-refractivity contribution in [3.8, 4) is 0 Å². The number of amides is 3. The number of imide groups is 1. The zero-order chi connectivity index (χ0) is 19.3. The second-order valence-electron chi connectivity index (χ2n) is 6.71. The van der Waals surface area contributed by atoms with E-state index < -0.39 is 29.6 Å². The van der Waals surface area contributed by atoms with Crippen molar-refractivity contribution < 1.29 is 23.5 Å². The number of furan rings is 1. The number of carbonyl (C=O) groups is 3. The standard InChI is InChI=1S/C17H22N4O5/c1-11(14(22)19-16(24)20-17(2,3)4)25-15(23)13-7-6-12(26-13)10-21-9-5-8-18-21/h5-9,11H,10H2,1-4H3,(H2,19,20,22,24). The van der Waals surface area contributed by atoms with Gasteiger partial charge in [-0.3, -0.25) is 14.8 Å². The number of nitrogens with one attached hydrogen (secondary N) is 2. The van der Waals surface area contributed by atoms with Crippen LogP contribution in [-0.2, 0) is 16.1 Å². The van der Waals surface area contributed by atoms with Gasteiger partial charge >= 0.3 is 12.0 Å². The zero-order valence-corrected chi connectivity index (χ0v) is 15.1. The zero-order valence-electron chi connectivity index (χ0n) is 15.1. The lowest BCUT2D eigenvalue weighted by atomic mass is 10.1. The van der Waals surface area contributed by atoms with Gasteiger partial charge in [-0.15, -0.1) is 0 Å². The number of hydrogen-bond acceptors (Lipinski definition) is 6. The normalized spacial score (nSPS) is 12.3. The van der Waals surface area contributed by atoms with Crippen molar-refractivity contribution in [2.24, 2.45) is 0 Å². The molecule has 1 unspecified atom stereocenters. The van der Waals surface area contributed by atoms with Crippen molar-refractivity contribution in [2.75, 3.05) is 0 Å². The van der Waals surface area contributed by atoms with Crippen molar-refractivity contribution in [2.45, 2.75) is 45.9 Å². The van der Waals surface area contributed by atoms with E-state index in [1.165, 1.54) is 13.0 Å². The van der Waals surface area contributed by atoms with Gasteiger partial charge in [-0.05, 0) is 45.9 Å². The lowest BCUT2D eigenvalue weighted by molar-refractivity contribution is -0.128. The van der Waals surface area contributed by atoms with Gasteiger partial charge in [0.05, 0.1) is 6.54 Å². The summed E-state index contributed by atoms with van der Waals surface area (Å²) >= 11 is 0. The minimum absolute atomic E-state index is 0.0362. The van der Waals surface area contributed by atoms with Crippen LogP contribution in [0.5, 0.6) is 0 Å². The number of nitrogens with zero attached hydrogens (tertiary/aromatic N) is 2. The molecule has 2 aromatic heterocycles. The molecule has 0 saturated carbocycles. The molecule has 9 nitrogen and oxygen atoms in total. The molecule has 2 heterocycles. The smallest absolute Gasteiger partial charge is 0.375 e. The van der Waals surface area contributed by atoms with Gasteiger partial charge in [0.1, 0.15) is 5.76 Å². The average molecular weight is 362 g/mol. The van der Waals surface area contributed by atoms with E-state index in [0.29, 0.717) is 12.3 Å². The number of esters is 1. The number of carbonyl (C=O) groups excluding carboxylic acids is 3. The van der Waals surface area contributed by atoms with E-state index in [1.54, 1.807) is 50.0 Å². The predicted molar refractivity (Wildman–Crippen MR) is 91.3 cm³/mol. The molecule has 3 amide bonds. The summed E-state index contributed by atoms with van der Waals surface area (Å²) in [6, 6.07) is 4.19. The first-order valence-electron chi connectivity index (χ1n) is 8.04. The topological polar surface area (TPSA) is 115 Å². The highest BCUT2D eigenvalue weighted by Gasteiger charge is 2.24. The highest BCUT2D eigenvalue weighted by molar-refractivity contribution is 5.98. The first-order valence-corrected chi connectivity index (χ1v) is 8.04. The Morgan fingerprint density at radius 2 is 2.04 bits per heavy atom. The lowest BCUT2D eigenvalue weighted by Crippen LogP contribution is -2.50. The van der Waals surface area contributed by atoms with Crippen LogP contribution in [0.1, 0.15) is 44.0 Å². The van der Waals surface area contributed by atoms with Crippen LogP contribution in [0.2, 0.25) is 0 Å². The van der Waals surface area contributed by atoms with Crippen LogP contribution in [-0.4, -0.2) is 39.3 Å². The summed E-state index contributed by atoms with van der Waals surface area (Å²) in [6.07, 6.45) is 2.23. The molecule has 140 valence electrons. The Labute approximate surface area is 150 Å². The van der Waals surface area contributed by atoms with Crippen LogP contribution in [0.3, 0.4) is 0 Å². The van der Waals surface area contributed by atoms with Crippen LogP contribution >= 0.6 is 0 Å². The third kappa shape index (κ3) is 5.76. The maximum atomic E-state index is 12.1. The highest BCUT2D eigenvalue weighted by atomic mass is 16.6. The maximum absolute atomic E-state index is 12.1. The molecular weight excluding hydrogens is 340 g/mol. The molecule has 0 aliphatic rings. The molecule has 1 atom stereocenters. The molecule has 0 radical (unpaired) electrons. The Morgan fingerprint density at radius 1 is 1.31 bits per heavy atom. The van der Waals surface area contributed by atoms with E-state index in [1.807, 2.05) is 0 Å². The van der Waals surface area contributed by atoms with Crippen LogP contribution in [0.4, 0.5) is 4.79 Å². The molecule has 2 N–H and O–H groups in total. The minimum Gasteiger partial charge on any atom is -0.452 e. The van der Waals surface area contributed by atoms with Crippen molar-refractivity contribution in [1.29, 1.82) is 0 Å². The molecule has 9 heteroatoms. The summed E-state index contributed by atoms with van der Waals surface area (Å²) in [5, 5.41) is 8.74. The van der Waals surface area contributed by atoms with Crippen LogP contribution in [0.15, 0.2) is 35.0 Å². The van der Waals surface area contributed by atoms with Gasteiger partial charge in [-0.1, -0.05) is 0 Å². The Kier molecular flexibility index (Phi) is 5.81. The monoisotopic (exact) mass is 362 g/mol. The SMILES string of the molecule is CC(OC(=O)c1ccc(Cn2cccn2)o1)C(=O)NC(=O)NC(C)(C)C. The molecule has 0 aliphatic carbocycles. The largest absolute Gasteiger partial charge is 0.452 e. The van der Waals surface area contributed by atoms with Crippen LogP contribution in [0.25, 0.3) is 0 Å². The van der Waals surface area contributed by atoms with E-state index in [9.17, 15) is 14.4 Å². The first-order chi connectivity index (χ1) is 12.1. The van der Waals surface area contributed by atoms with E-state index in [0.717, 1.165) is 0 Å². The van der Waals surface area contributed by atoms with Gasteiger partial charge < -0.3 is 14.5 Å². The van der Waals surface area contributed by atoms with Crippen molar-refractivity contribution >= 4 is 17.9 Å². The van der Waals surface area contributed by atoms with Gasteiger partial charge in [-0.25, -0.2) is 9.59 Å². The van der Waals surface area contributed by atoms with E-state index in [-0.39, 0.29) is 5.76 Å². The van der Waals surface area contributed by atoms with Gasteiger partial charge in [0.25, 0.3) is 5.91 Å². The Morgan fingerprint density at radius 3 is 2.65 bits per heavy atom. The Hall–Kier alpha value is -3.10. The van der Waals surface area contributed by atoms with Gasteiger partial charge in [-0.2, -0.15) is 5.10 Å². The first kappa shape index (κ1) is 19.2. The summed E-state index contributed by atoms with van der Waals surface area (Å²) in [4.78, 5) is 35.7. The molecule has 2 aromatic rings. The summed E-state index contributed by atoms with van der Waals surface area (Å²) in [5.74, 6) is -1.05. The summed E-state index contributed by atoms with van der Waals surface area (Å²) in [5.41, 5.74) is -0.497. The quantitative estimate of drug-likeness (QED) is 0.782. The van der Waals surface area contributed by atoms with Gasteiger partial charge in [0, 0.05) is 17.9 Å². The fourth-order valence-electron chi connectivity index (χ4n) is 1.98. The van der Waals surface area contributed by atoms with Crippen LogP contribution < -0.4 is 10.6 Å². The molecular formula is C17H22N4O5. The lowest BCUT2D eigenvalue weighted by Gasteiger charge is -2.21. The molecule has 0 bridgehead atoms. The average Bonchev–Trinajstić information content (AvgIpc) is 3.17. The van der Waals surface area contributed by atoms with Crippen molar-refractivity contribution in [3.63, 3.8) is 0 Å². The van der Waals surface area contributed by atoms with E-state index in [4.69, 9.17) is 9.15 Å². The predicted octanol–water partition coefficient (Wildman–Crippen LogP) is 1.69. The molecule has 0 saturated heterocycles. The molecule has 0 aromatic carbocycles. The van der Waals surface area contributed by atoms with Crippen molar-refractivity contribution in [1.82, 2.24) is 20.4 Å². The Balaban J connectivity index is 1.87. The number of hydrogen-bond donors (Lipinski definition) is 2. The summed E-state index contributed by atoms with van der Waals surface area (Å²) in [6.45, 7) is 7.06. The third-order valence-electron chi connectivity index (χ3n) is 3.12. The third-order valence-corrected chi connectivity index (χ3v) is 3.12. The number of rotatable bonds is 5. The Bertz CT molecular complexity index is 773. The van der Waals surface area contributed by atoms with E-state index >= 15 is 0 Å². The maximum Gasteiger partial charge on any atom is 0.375 e. The number of ether oxygens (including phenoxy) is 1. The second-order valence-corrected chi connectivity index (χ2v) is 6.71. The molecule has 26 heavy (non-hydrogen) atoms. The minimum atomic E-state index is -1.16. The number of urea groups is 1. The van der Waals surface area contributed by atoms with Gasteiger partial charge in [0.2, 0.25) is 5.76 Å². The molecule has 0 spiro atoms.